The van der Waals surface area contributed by atoms with Crippen LogP contribution in [-0.2, 0) is 6.61 Å². The Morgan fingerprint density at radius 1 is 1.13 bits per heavy atom. The number of carbonyl (C=O) groups is 1. The van der Waals surface area contributed by atoms with Gasteiger partial charge in [0.1, 0.15) is 29.6 Å². The number of rotatable bonds is 9. The Hall–Kier alpha value is -5.86. The number of hydrogen-bond acceptors (Lipinski definition) is 12. The first-order valence-corrected chi connectivity index (χ1v) is 10.9. The average molecular weight is 515 g/mol. The number of nitro benzene ring substituents is 1. The Morgan fingerprint density at radius 2 is 1.92 bits per heavy atom. The number of nitrogens with two attached hydrogens (primary N) is 1. The molecule has 0 radical (unpaired) electrons. The summed E-state index contributed by atoms with van der Waals surface area (Å²) >= 11 is 0. The third-order valence-corrected chi connectivity index (χ3v) is 5.14. The van der Waals surface area contributed by atoms with Gasteiger partial charge in [0.15, 0.2) is 5.69 Å². The van der Waals surface area contributed by atoms with Crippen LogP contribution in [-0.4, -0.2) is 42.4 Å². The van der Waals surface area contributed by atoms with Gasteiger partial charge in [-0.2, -0.15) is 9.78 Å². The highest BCUT2D eigenvalue weighted by Crippen LogP contribution is 2.24. The number of aromatic nitrogens is 5. The molecular formula is C23H17N9O6. The van der Waals surface area contributed by atoms with Crippen LogP contribution in [0.3, 0.4) is 0 Å². The molecule has 0 fully saturated rings. The first kappa shape index (κ1) is 23.9. The van der Waals surface area contributed by atoms with Crippen LogP contribution in [0.15, 0.2) is 80.9 Å². The number of carbonyl (C=O) groups excluding carboxylic acids is 1. The molecule has 5 aromatic rings. The summed E-state index contributed by atoms with van der Waals surface area (Å²) in [6, 6.07) is 18.1. The molecule has 0 aliphatic rings. The molecule has 0 spiro atoms. The van der Waals surface area contributed by atoms with E-state index in [1.807, 2.05) is 6.07 Å². The lowest BCUT2D eigenvalue weighted by atomic mass is 10.1. The smallest absolute Gasteiger partial charge is 0.293 e. The standard InChI is InChI=1S/C23H17N9O6/c24-21-22(29-38-28-21)31-18(13-36-16-4-2-1-3-5-16)20(26-30-31)23(33)27-25-12-17-10-11-19(37-17)14-6-8-15(9-7-14)32(34)35/h1-12H,13H2,(H2,24,28)(H,27,33). The van der Waals surface area contributed by atoms with Gasteiger partial charge in [-0.3, -0.25) is 14.9 Å². The van der Waals surface area contributed by atoms with Gasteiger partial charge in [-0.25, -0.2) is 10.1 Å². The van der Waals surface area contributed by atoms with E-state index in [2.05, 4.69) is 35.8 Å². The zero-order valence-electron chi connectivity index (χ0n) is 19.3. The third-order valence-electron chi connectivity index (χ3n) is 5.14. The van der Waals surface area contributed by atoms with E-state index in [0.29, 0.717) is 22.8 Å². The summed E-state index contributed by atoms with van der Waals surface area (Å²) in [6.07, 6.45) is 1.29. The summed E-state index contributed by atoms with van der Waals surface area (Å²) in [5.74, 6) is 0.656. The molecule has 3 aromatic heterocycles. The van der Waals surface area contributed by atoms with Crippen LogP contribution in [0.1, 0.15) is 21.9 Å². The van der Waals surface area contributed by atoms with Crippen LogP contribution in [0.2, 0.25) is 0 Å². The monoisotopic (exact) mass is 515 g/mol. The first-order valence-electron chi connectivity index (χ1n) is 10.9. The summed E-state index contributed by atoms with van der Waals surface area (Å²) in [6.45, 7) is -0.105. The van der Waals surface area contributed by atoms with Crippen LogP contribution < -0.4 is 15.9 Å². The van der Waals surface area contributed by atoms with Gasteiger partial charge in [-0.05, 0) is 46.7 Å². The molecule has 0 unspecified atom stereocenters. The number of nitrogens with zero attached hydrogens (tertiary/aromatic N) is 7. The molecule has 2 aromatic carbocycles. The molecule has 15 heteroatoms. The van der Waals surface area contributed by atoms with Crippen molar-refractivity contribution in [3.63, 3.8) is 0 Å². The number of hydrazone groups is 1. The molecule has 0 aliphatic heterocycles. The normalized spacial score (nSPS) is 11.1. The fourth-order valence-electron chi connectivity index (χ4n) is 3.32. The number of anilines is 1. The van der Waals surface area contributed by atoms with Crippen molar-refractivity contribution in [3.8, 4) is 22.9 Å². The highest BCUT2D eigenvalue weighted by Gasteiger charge is 2.24. The van der Waals surface area contributed by atoms with Crippen molar-refractivity contribution in [1.29, 1.82) is 0 Å². The molecule has 38 heavy (non-hydrogen) atoms. The van der Waals surface area contributed by atoms with Crippen LogP contribution in [0, 0.1) is 10.1 Å². The molecule has 0 saturated carbocycles. The van der Waals surface area contributed by atoms with Gasteiger partial charge < -0.3 is 14.9 Å². The highest BCUT2D eigenvalue weighted by atomic mass is 16.6. The number of furan rings is 1. The second kappa shape index (κ2) is 10.4. The lowest BCUT2D eigenvalue weighted by Crippen LogP contribution is -2.21. The largest absolute Gasteiger partial charge is 0.487 e. The molecule has 3 N–H and O–H groups in total. The number of non-ortho nitro benzene ring substituents is 1. The van der Waals surface area contributed by atoms with Crippen molar-refractivity contribution in [1.82, 2.24) is 30.7 Å². The predicted octanol–water partition coefficient (Wildman–Crippen LogP) is 2.74. The van der Waals surface area contributed by atoms with Crippen LogP contribution >= 0.6 is 0 Å². The minimum atomic E-state index is -0.684. The second-order valence-corrected chi connectivity index (χ2v) is 7.58. The van der Waals surface area contributed by atoms with Crippen molar-refractivity contribution in [2.45, 2.75) is 6.61 Å². The molecular weight excluding hydrogens is 498 g/mol. The number of para-hydroxylation sites is 1. The van der Waals surface area contributed by atoms with E-state index >= 15 is 0 Å². The molecule has 0 bridgehead atoms. The first-order chi connectivity index (χ1) is 18.5. The zero-order chi connectivity index (χ0) is 26.5. The minimum absolute atomic E-state index is 0.0298. The molecule has 5 rings (SSSR count). The van der Waals surface area contributed by atoms with Crippen LogP contribution in [0.5, 0.6) is 5.75 Å². The van der Waals surface area contributed by atoms with Gasteiger partial charge in [0, 0.05) is 17.7 Å². The Bertz CT molecular complexity index is 1610. The van der Waals surface area contributed by atoms with E-state index < -0.39 is 10.8 Å². The SMILES string of the molecule is Nc1nonc1-n1nnc(C(=O)NN=Cc2ccc(-c3ccc([N+](=O)[O-])cc3)o2)c1COc1ccccc1. The number of nitro groups is 1. The maximum absolute atomic E-state index is 12.9. The van der Waals surface area contributed by atoms with E-state index in [-0.39, 0.29) is 35.3 Å². The topological polar surface area (TPSA) is 203 Å². The lowest BCUT2D eigenvalue weighted by Gasteiger charge is -2.08. The van der Waals surface area contributed by atoms with Crippen molar-refractivity contribution >= 4 is 23.6 Å². The molecule has 0 saturated heterocycles. The summed E-state index contributed by atoms with van der Waals surface area (Å²) in [4.78, 5) is 23.2. The summed E-state index contributed by atoms with van der Waals surface area (Å²) in [5, 5.41) is 29.8. The predicted molar refractivity (Wildman–Crippen MR) is 130 cm³/mol. The van der Waals surface area contributed by atoms with Crippen LogP contribution in [0.25, 0.3) is 17.1 Å². The number of hydrogen-bond donors (Lipinski definition) is 2. The molecule has 0 atom stereocenters. The molecule has 3 heterocycles. The van der Waals surface area contributed by atoms with Gasteiger partial charge in [0.2, 0.25) is 11.6 Å². The van der Waals surface area contributed by atoms with Crippen LogP contribution in [0.4, 0.5) is 11.5 Å². The Morgan fingerprint density at radius 3 is 2.63 bits per heavy atom. The van der Waals surface area contributed by atoms with Crippen molar-refractivity contribution in [2.75, 3.05) is 5.73 Å². The molecule has 0 aliphatic carbocycles. The average Bonchev–Trinajstić information content (AvgIpc) is 3.68. The Kier molecular flexibility index (Phi) is 6.53. The minimum Gasteiger partial charge on any atom is -0.487 e. The van der Waals surface area contributed by atoms with Gasteiger partial charge in [0.25, 0.3) is 11.6 Å². The van der Waals surface area contributed by atoms with Crippen molar-refractivity contribution in [2.24, 2.45) is 5.10 Å². The van der Waals surface area contributed by atoms with E-state index in [0.717, 1.165) is 0 Å². The number of amides is 1. The highest BCUT2D eigenvalue weighted by molar-refractivity contribution is 5.94. The third kappa shape index (κ3) is 5.06. The van der Waals surface area contributed by atoms with Gasteiger partial charge in [-0.15, -0.1) is 5.10 Å². The van der Waals surface area contributed by atoms with E-state index in [9.17, 15) is 14.9 Å². The van der Waals surface area contributed by atoms with Crippen molar-refractivity contribution < 1.29 is 23.5 Å². The number of nitrogens with one attached hydrogen (secondary N) is 1. The van der Waals surface area contributed by atoms with E-state index in [1.54, 1.807) is 48.5 Å². The molecule has 15 nitrogen and oxygen atoms in total. The fourth-order valence-corrected chi connectivity index (χ4v) is 3.32. The summed E-state index contributed by atoms with van der Waals surface area (Å²) < 4.78 is 17.3. The number of benzene rings is 2. The molecule has 1 amide bonds. The van der Waals surface area contributed by atoms with Gasteiger partial charge >= 0.3 is 0 Å². The maximum atomic E-state index is 12.9. The lowest BCUT2D eigenvalue weighted by molar-refractivity contribution is -0.384. The van der Waals surface area contributed by atoms with E-state index in [1.165, 1.54) is 23.0 Å². The summed E-state index contributed by atoms with van der Waals surface area (Å²) in [5.41, 5.74) is 8.89. The second-order valence-electron chi connectivity index (χ2n) is 7.58. The maximum Gasteiger partial charge on any atom is 0.293 e. The van der Waals surface area contributed by atoms with Gasteiger partial charge in [-0.1, -0.05) is 23.4 Å². The Balaban J connectivity index is 1.31. The molecule has 190 valence electrons. The van der Waals surface area contributed by atoms with Gasteiger partial charge in [0.05, 0.1) is 11.1 Å². The quantitative estimate of drug-likeness (QED) is 0.166. The van der Waals surface area contributed by atoms with E-state index in [4.69, 9.17) is 14.9 Å². The summed E-state index contributed by atoms with van der Waals surface area (Å²) in [7, 11) is 0. The number of nitrogen functional groups attached to an aromatic ring is 1. The number of ether oxygens (including phenoxy) is 1. The fraction of sp³-hybridized carbons (Fsp3) is 0.0435. The Labute approximate surface area is 212 Å². The van der Waals surface area contributed by atoms with Crippen molar-refractivity contribution in [3.05, 3.63) is 94.0 Å². The zero-order valence-corrected chi connectivity index (χ0v) is 19.3.